The van der Waals surface area contributed by atoms with Gasteiger partial charge in [0.15, 0.2) is 0 Å². The molecule has 0 aliphatic carbocycles. The van der Waals surface area contributed by atoms with Crippen LogP contribution in [-0.2, 0) is 0 Å². The Morgan fingerprint density at radius 1 is 1.05 bits per heavy atom. The monoisotopic (exact) mass is 261 g/mol. The number of ether oxygens (including phenoxy) is 2. The van der Waals surface area contributed by atoms with Crippen LogP contribution >= 0.6 is 0 Å². The Bertz CT molecular complexity index is 521. The molecular weight excluding hydrogens is 242 g/mol. The average Bonchev–Trinajstić information content (AvgIpc) is 2.81. The molecule has 1 heterocycles. The Morgan fingerprint density at radius 2 is 1.79 bits per heavy atom. The maximum Gasteiger partial charge on any atom is 0.149 e. The molecule has 0 spiro atoms. The molecule has 2 rings (SSSR count). The van der Waals surface area contributed by atoms with Crippen molar-refractivity contribution < 1.29 is 9.47 Å². The summed E-state index contributed by atoms with van der Waals surface area (Å²) in [7, 11) is 0. The SMILES string of the molecule is CC(C)Oc1ccc(-n2cncn2)c(OC(C)C)c1. The minimum atomic E-state index is 0.0802. The summed E-state index contributed by atoms with van der Waals surface area (Å²) in [4.78, 5) is 3.95. The smallest absolute Gasteiger partial charge is 0.149 e. The lowest BCUT2D eigenvalue weighted by atomic mass is 10.2. The fraction of sp³-hybridized carbons (Fsp3) is 0.429. The van der Waals surface area contributed by atoms with E-state index in [-0.39, 0.29) is 12.2 Å². The van der Waals surface area contributed by atoms with E-state index in [1.54, 1.807) is 11.0 Å². The zero-order valence-corrected chi connectivity index (χ0v) is 11.7. The number of rotatable bonds is 5. The molecule has 0 saturated carbocycles. The molecule has 0 aliphatic heterocycles. The molecule has 19 heavy (non-hydrogen) atoms. The average molecular weight is 261 g/mol. The van der Waals surface area contributed by atoms with Crippen LogP contribution in [0.3, 0.4) is 0 Å². The quantitative estimate of drug-likeness (QED) is 0.830. The zero-order valence-electron chi connectivity index (χ0n) is 11.7. The summed E-state index contributed by atoms with van der Waals surface area (Å²) in [6.45, 7) is 7.96. The van der Waals surface area contributed by atoms with E-state index in [9.17, 15) is 0 Å². The number of benzene rings is 1. The summed E-state index contributed by atoms with van der Waals surface area (Å²) in [6, 6.07) is 5.71. The lowest BCUT2D eigenvalue weighted by Gasteiger charge is -2.16. The van der Waals surface area contributed by atoms with Gasteiger partial charge in [0.1, 0.15) is 29.8 Å². The van der Waals surface area contributed by atoms with Gasteiger partial charge in [-0.05, 0) is 39.8 Å². The van der Waals surface area contributed by atoms with Gasteiger partial charge in [-0.2, -0.15) is 5.10 Å². The molecule has 0 aliphatic rings. The predicted molar refractivity (Wildman–Crippen MR) is 72.9 cm³/mol. The van der Waals surface area contributed by atoms with Gasteiger partial charge in [-0.1, -0.05) is 0 Å². The van der Waals surface area contributed by atoms with Gasteiger partial charge < -0.3 is 9.47 Å². The second-order valence-electron chi connectivity index (χ2n) is 4.80. The minimum Gasteiger partial charge on any atom is -0.491 e. The number of nitrogens with zero attached hydrogens (tertiary/aromatic N) is 3. The van der Waals surface area contributed by atoms with Crippen LogP contribution < -0.4 is 9.47 Å². The third-order valence-corrected chi connectivity index (χ3v) is 2.33. The maximum absolute atomic E-state index is 5.82. The van der Waals surface area contributed by atoms with Crippen molar-refractivity contribution in [3.63, 3.8) is 0 Å². The molecule has 0 saturated heterocycles. The first kappa shape index (κ1) is 13.4. The number of hydrogen-bond acceptors (Lipinski definition) is 4. The molecule has 5 nitrogen and oxygen atoms in total. The van der Waals surface area contributed by atoms with Gasteiger partial charge >= 0.3 is 0 Å². The van der Waals surface area contributed by atoms with Gasteiger partial charge in [-0.15, -0.1) is 0 Å². The summed E-state index contributed by atoms with van der Waals surface area (Å²) >= 11 is 0. The molecule has 1 aromatic carbocycles. The third-order valence-electron chi connectivity index (χ3n) is 2.33. The van der Waals surface area contributed by atoms with Crippen LogP contribution in [0.25, 0.3) is 5.69 Å². The van der Waals surface area contributed by atoms with Crippen LogP contribution in [0.2, 0.25) is 0 Å². The van der Waals surface area contributed by atoms with Crippen molar-refractivity contribution in [2.45, 2.75) is 39.9 Å². The first-order chi connectivity index (χ1) is 9.06. The van der Waals surface area contributed by atoms with Gasteiger partial charge in [-0.3, -0.25) is 0 Å². The van der Waals surface area contributed by atoms with E-state index in [0.717, 1.165) is 17.2 Å². The highest BCUT2D eigenvalue weighted by Gasteiger charge is 2.11. The normalized spacial score (nSPS) is 11.1. The fourth-order valence-electron chi connectivity index (χ4n) is 1.71. The lowest BCUT2D eigenvalue weighted by molar-refractivity contribution is 0.228. The molecule has 5 heteroatoms. The topological polar surface area (TPSA) is 49.2 Å². The van der Waals surface area contributed by atoms with E-state index in [1.807, 2.05) is 45.9 Å². The maximum atomic E-state index is 5.82. The highest BCUT2D eigenvalue weighted by Crippen LogP contribution is 2.29. The molecule has 0 amide bonds. The highest BCUT2D eigenvalue weighted by atomic mass is 16.5. The van der Waals surface area contributed by atoms with Crippen molar-refractivity contribution in [3.8, 4) is 17.2 Å². The first-order valence-electron chi connectivity index (χ1n) is 6.38. The summed E-state index contributed by atoms with van der Waals surface area (Å²) in [5, 5.41) is 4.13. The zero-order chi connectivity index (χ0) is 13.8. The van der Waals surface area contributed by atoms with E-state index in [2.05, 4.69) is 10.1 Å². The molecule has 1 aromatic heterocycles. The number of aromatic nitrogens is 3. The van der Waals surface area contributed by atoms with Gasteiger partial charge in [0.05, 0.1) is 12.2 Å². The van der Waals surface area contributed by atoms with Gasteiger partial charge in [0.25, 0.3) is 0 Å². The van der Waals surface area contributed by atoms with Crippen molar-refractivity contribution in [1.29, 1.82) is 0 Å². The summed E-state index contributed by atoms with van der Waals surface area (Å²) in [5.41, 5.74) is 0.849. The largest absolute Gasteiger partial charge is 0.491 e. The molecule has 2 aromatic rings. The van der Waals surface area contributed by atoms with Crippen molar-refractivity contribution in [1.82, 2.24) is 14.8 Å². The van der Waals surface area contributed by atoms with Crippen LogP contribution in [0.15, 0.2) is 30.9 Å². The fourth-order valence-corrected chi connectivity index (χ4v) is 1.71. The first-order valence-corrected chi connectivity index (χ1v) is 6.38. The second kappa shape index (κ2) is 5.73. The van der Waals surface area contributed by atoms with Crippen molar-refractivity contribution in [2.75, 3.05) is 0 Å². The Morgan fingerprint density at radius 3 is 2.37 bits per heavy atom. The van der Waals surface area contributed by atoms with E-state index in [1.165, 1.54) is 6.33 Å². The summed E-state index contributed by atoms with van der Waals surface area (Å²) < 4.78 is 13.2. The molecule has 102 valence electrons. The summed E-state index contributed by atoms with van der Waals surface area (Å²) in [6.07, 6.45) is 3.35. The standard InChI is InChI=1S/C14H19N3O2/c1-10(2)18-12-5-6-13(17-9-15-8-16-17)14(7-12)19-11(3)4/h5-11H,1-4H3. The molecule has 0 N–H and O–H groups in total. The highest BCUT2D eigenvalue weighted by molar-refractivity contribution is 5.50. The van der Waals surface area contributed by atoms with E-state index in [0.29, 0.717) is 0 Å². The molecule has 0 atom stereocenters. The van der Waals surface area contributed by atoms with Crippen molar-refractivity contribution in [3.05, 3.63) is 30.9 Å². The van der Waals surface area contributed by atoms with Crippen LogP contribution in [0.4, 0.5) is 0 Å². The predicted octanol–water partition coefficient (Wildman–Crippen LogP) is 2.84. The van der Waals surface area contributed by atoms with Crippen LogP contribution in [-0.4, -0.2) is 27.0 Å². The van der Waals surface area contributed by atoms with Crippen molar-refractivity contribution in [2.24, 2.45) is 0 Å². The molecule has 0 radical (unpaired) electrons. The molecule has 0 unspecified atom stereocenters. The molecule has 0 bridgehead atoms. The van der Waals surface area contributed by atoms with Crippen LogP contribution in [0.5, 0.6) is 11.5 Å². The van der Waals surface area contributed by atoms with Crippen LogP contribution in [0.1, 0.15) is 27.7 Å². The van der Waals surface area contributed by atoms with Gasteiger partial charge in [0.2, 0.25) is 0 Å². The second-order valence-corrected chi connectivity index (χ2v) is 4.80. The minimum absolute atomic E-state index is 0.0802. The van der Waals surface area contributed by atoms with Gasteiger partial charge in [0, 0.05) is 6.07 Å². The lowest BCUT2D eigenvalue weighted by Crippen LogP contribution is -2.10. The van der Waals surface area contributed by atoms with E-state index >= 15 is 0 Å². The van der Waals surface area contributed by atoms with Gasteiger partial charge in [-0.25, -0.2) is 9.67 Å². The molecular formula is C14H19N3O2. The van der Waals surface area contributed by atoms with E-state index < -0.39 is 0 Å². The summed E-state index contributed by atoms with van der Waals surface area (Å²) in [5.74, 6) is 1.52. The Kier molecular flexibility index (Phi) is 4.04. The Labute approximate surface area is 113 Å². The van der Waals surface area contributed by atoms with Crippen LogP contribution in [0, 0.1) is 0 Å². The molecule has 0 fully saturated rings. The third kappa shape index (κ3) is 3.47. The van der Waals surface area contributed by atoms with Crippen molar-refractivity contribution >= 4 is 0 Å². The Balaban J connectivity index is 2.37. The number of hydrogen-bond donors (Lipinski definition) is 0. The van der Waals surface area contributed by atoms with E-state index in [4.69, 9.17) is 9.47 Å². The Hall–Kier alpha value is -2.04.